The molecule has 2 N–H and O–H groups in total. The van der Waals surface area contributed by atoms with Crippen LogP contribution in [-0.4, -0.2) is 33.4 Å². The Morgan fingerprint density at radius 2 is 2.27 bits per heavy atom. The molecule has 1 aliphatic carbocycles. The Morgan fingerprint density at radius 1 is 1.45 bits per heavy atom. The number of nitrogens with one attached hydrogen (secondary N) is 1. The summed E-state index contributed by atoms with van der Waals surface area (Å²) in [4.78, 5) is 23.8. The molecular formula is C16H25N3O3. The van der Waals surface area contributed by atoms with Gasteiger partial charge in [0, 0.05) is 19.2 Å². The molecule has 122 valence electrons. The van der Waals surface area contributed by atoms with E-state index in [1.165, 1.54) is 16.8 Å². The van der Waals surface area contributed by atoms with Crippen molar-refractivity contribution in [3.8, 4) is 0 Å². The molecule has 1 heterocycles. The second kappa shape index (κ2) is 8.08. The first-order valence-corrected chi connectivity index (χ1v) is 8.14. The van der Waals surface area contributed by atoms with Gasteiger partial charge in [-0.15, -0.1) is 0 Å². The minimum absolute atomic E-state index is 0.180. The highest BCUT2D eigenvalue weighted by molar-refractivity contribution is 5.91. The largest absolute Gasteiger partial charge is 0.393 e. The van der Waals surface area contributed by atoms with Crippen molar-refractivity contribution < 1.29 is 9.90 Å². The number of aryl methyl sites for hydroxylation is 1. The van der Waals surface area contributed by atoms with Gasteiger partial charge in [-0.3, -0.25) is 9.59 Å². The van der Waals surface area contributed by atoms with Crippen LogP contribution in [0.15, 0.2) is 16.9 Å². The highest BCUT2D eigenvalue weighted by Crippen LogP contribution is 2.23. The van der Waals surface area contributed by atoms with E-state index in [9.17, 15) is 14.7 Å². The Balaban J connectivity index is 1.93. The number of unbranched alkanes of at least 4 members (excludes halogenated alkanes) is 1. The maximum Gasteiger partial charge on any atom is 0.271 e. The molecule has 2 atom stereocenters. The summed E-state index contributed by atoms with van der Waals surface area (Å²) in [6.45, 7) is 3.12. The molecule has 6 heteroatoms. The van der Waals surface area contributed by atoms with E-state index in [0.717, 1.165) is 38.5 Å². The van der Waals surface area contributed by atoms with Gasteiger partial charge >= 0.3 is 0 Å². The monoisotopic (exact) mass is 307 g/mol. The summed E-state index contributed by atoms with van der Waals surface area (Å²) in [6.07, 6.45) is 5.21. The minimum Gasteiger partial charge on any atom is -0.393 e. The van der Waals surface area contributed by atoms with Crippen molar-refractivity contribution in [2.24, 2.45) is 5.92 Å². The molecule has 0 radical (unpaired) electrons. The fourth-order valence-corrected chi connectivity index (χ4v) is 2.81. The van der Waals surface area contributed by atoms with Gasteiger partial charge in [-0.25, -0.2) is 4.68 Å². The number of hydrogen-bond donors (Lipinski definition) is 2. The van der Waals surface area contributed by atoms with Crippen LogP contribution in [0, 0.1) is 5.92 Å². The summed E-state index contributed by atoms with van der Waals surface area (Å²) in [5, 5.41) is 16.6. The van der Waals surface area contributed by atoms with Gasteiger partial charge in [0.25, 0.3) is 11.5 Å². The van der Waals surface area contributed by atoms with Crippen LogP contribution in [0.3, 0.4) is 0 Å². The van der Waals surface area contributed by atoms with Crippen LogP contribution in [0.4, 0.5) is 0 Å². The fourth-order valence-electron chi connectivity index (χ4n) is 2.81. The normalized spacial score (nSPS) is 21.5. The Morgan fingerprint density at radius 3 is 3.00 bits per heavy atom. The van der Waals surface area contributed by atoms with Crippen LogP contribution in [0.25, 0.3) is 0 Å². The zero-order chi connectivity index (χ0) is 15.9. The van der Waals surface area contributed by atoms with Gasteiger partial charge in [0.2, 0.25) is 0 Å². The molecule has 1 aromatic heterocycles. The molecule has 1 saturated carbocycles. The lowest BCUT2D eigenvalue weighted by atomic mass is 9.87. The van der Waals surface area contributed by atoms with Crippen LogP contribution < -0.4 is 10.9 Å². The quantitative estimate of drug-likeness (QED) is 0.830. The van der Waals surface area contributed by atoms with Crippen molar-refractivity contribution in [3.63, 3.8) is 0 Å². The van der Waals surface area contributed by atoms with E-state index in [1.54, 1.807) is 0 Å². The number of hydrogen-bond acceptors (Lipinski definition) is 4. The van der Waals surface area contributed by atoms with Gasteiger partial charge in [-0.05, 0) is 37.7 Å². The third-order valence-corrected chi connectivity index (χ3v) is 4.13. The van der Waals surface area contributed by atoms with Gasteiger partial charge < -0.3 is 10.4 Å². The number of amides is 1. The Labute approximate surface area is 130 Å². The van der Waals surface area contributed by atoms with E-state index >= 15 is 0 Å². The van der Waals surface area contributed by atoms with Gasteiger partial charge in [0.1, 0.15) is 5.69 Å². The summed E-state index contributed by atoms with van der Waals surface area (Å²) in [6, 6.07) is 2.86. The topological polar surface area (TPSA) is 84.2 Å². The van der Waals surface area contributed by atoms with E-state index in [1.807, 2.05) is 6.92 Å². The number of carbonyl (C=O) groups excluding carboxylic acids is 1. The van der Waals surface area contributed by atoms with Crippen molar-refractivity contribution in [3.05, 3.63) is 28.2 Å². The van der Waals surface area contributed by atoms with Crippen molar-refractivity contribution in [1.29, 1.82) is 0 Å². The Bertz CT molecular complexity index is 556. The third kappa shape index (κ3) is 4.66. The molecule has 6 nitrogen and oxygen atoms in total. The average molecular weight is 307 g/mol. The number of nitrogens with zero attached hydrogens (tertiary/aromatic N) is 2. The predicted octanol–water partition coefficient (Wildman–Crippen LogP) is 1.32. The highest BCUT2D eigenvalue weighted by atomic mass is 16.3. The number of rotatable bonds is 6. The van der Waals surface area contributed by atoms with Crippen molar-refractivity contribution in [2.75, 3.05) is 6.54 Å². The van der Waals surface area contributed by atoms with Gasteiger partial charge in [0.05, 0.1) is 6.10 Å². The third-order valence-electron chi connectivity index (χ3n) is 4.13. The van der Waals surface area contributed by atoms with E-state index in [4.69, 9.17) is 0 Å². The van der Waals surface area contributed by atoms with Crippen LogP contribution in [0.5, 0.6) is 0 Å². The van der Waals surface area contributed by atoms with Crippen LogP contribution >= 0.6 is 0 Å². The molecule has 2 rings (SSSR count). The summed E-state index contributed by atoms with van der Waals surface area (Å²) in [5.74, 6) is 0.0593. The molecule has 22 heavy (non-hydrogen) atoms. The minimum atomic E-state index is -0.259. The highest BCUT2D eigenvalue weighted by Gasteiger charge is 2.21. The fraction of sp³-hybridized carbons (Fsp3) is 0.688. The maximum atomic E-state index is 12.2. The first kappa shape index (κ1) is 16.7. The summed E-state index contributed by atoms with van der Waals surface area (Å²) in [7, 11) is 0. The summed E-state index contributed by atoms with van der Waals surface area (Å²) in [5.41, 5.74) is 0.0902. The maximum absolute atomic E-state index is 12.2. The van der Waals surface area contributed by atoms with Crippen molar-refractivity contribution in [2.45, 2.75) is 58.1 Å². The van der Waals surface area contributed by atoms with Crippen LogP contribution in [-0.2, 0) is 6.54 Å². The van der Waals surface area contributed by atoms with Gasteiger partial charge in [0.15, 0.2) is 0 Å². The number of carbonyl (C=O) groups is 1. The number of aliphatic hydroxyl groups excluding tert-OH is 1. The molecule has 0 bridgehead atoms. The molecular weight excluding hydrogens is 282 g/mol. The second-order valence-electron chi connectivity index (χ2n) is 6.03. The van der Waals surface area contributed by atoms with E-state index in [2.05, 4.69) is 10.4 Å². The standard InChI is InChI=1S/C16H25N3O3/c1-2-3-9-19-15(21)8-7-14(18-19)16(22)17-11-12-5-4-6-13(20)10-12/h7-8,12-13,20H,2-6,9-11H2,1H3,(H,17,22). The molecule has 0 spiro atoms. The second-order valence-corrected chi connectivity index (χ2v) is 6.03. The molecule has 1 aliphatic rings. The molecule has 1 amide bonds. The number of aromatic nitrogens is 2. The Hall–Kier alpha value is -1.69. The molecule has 1 fully saturated rings. The lowest BCUT2D eigenvalue weighted by Gasteiger charge is -2.25. The van der Waals surface area contributed by atoms with E-state index in [-0.39, 0.29) is 23.3 Å². The zero-order valence-electron chi connectivity index (χ0n) is 13.1. The molecule has 0 saturated heterocycles. The lowest BCUT2D eigenvalue weighted by Crippen LogP contribution is -2.34. The summed E-state index contributed by atoms with van der Waals surface area (Å²) >= 11 is 0. The van der Waals surface area contributed by atoms with E-state index in [0.29, 0.717) is 19.0 Å². The smallest absolute Gasteiger partial charge is 0.271 e. The van der Waals surface area contributed by atoms with Gasteiger partial charge in [-0.1, -0.05) is 19.8 Å². The number of aliphatic hydroxyl groups is 1. The first-order chi connectivity index (χ1) is 10.6. The molecule has 0 aliphatic heterocycles. The molecule has 2 unspecified atom stereocenters. The Kier molecular flexibility index (Phi) is 6.12. The summed E-state index contributed by atoms with van der Waals surface area (Å²) < 4.78 is 1.35. The first-order valence-electron chi connectivity index (χ1n) is 8.14. The average Bonchev–Trinajstić information content (AvgIpc) is 2.52. The van der Waals surface area contributed by atoms with Gasteiger partial charge in [-0.2, -0.15) is 5.10 Å². The van der Waals surface area contributed by atoms with Crippen molar-refractivity contribution in [1.82, 2.24) is 15.1 Å². The molecule has 1 aromatic rings. The lowest BCUT2D eigenvalue weighted by molar-refractivity contribution is 0.0868. The van der Waals surface area contributed by atoms with E-state index < -0.39 is 0 Å². The van der Waals surface area contributed by atoms with Crippen molar-refractivity contribution >= 4 is 5.91 Å². The zero-order valence-corrected chi connectivity index (χ0v) is 13.1. The predicted molar refractivity (Wildman–Crippen MR) is 83.7 cm³/mol. The van der Waals surface area contributed by atoms with Crippen LogP contribution in [0.2, 0.25) is 0 Å². The van der Waals surface area contributed by atoms with Crippen LogP contribution in [0.1, 0.15) is 55.9 Å². The molecule has 0 aromatic carbocycles. The SMILES string of the molecule is CCCCn1nc(C(=O)NCC2CCCC(O)C2)ccc1=O.